The van der Waals surface area contributed by atoms with Crippen molar-refractivity contribution in [3.05, 3.63) is 187 Å². The van der Waals surface area contributed by atoms with Crippen molar-refractivity contribution in [3.63, 3.8) is 0 Å². The van der Waals surface area contributed by atoms with Crippen LogP contribution in [0.4, 0.5) is 17.1 Å². The zero-order valence-corrected chi connectivity index (χ0v) is 28.2. The van der Waals surface area contributed by atoms with Gasteiger partial charge >= 0.3 is 0 Å². The van der Waals surface area contributed by atoms with Crippen molar-refractivity contribution in [2.45, 2.75) is 19.3 Å². The molecule has 9 aromatic carbocycles. The topological polar surface area (TPSA) is 3.24 Å². The third kappa shape index (κ3) is 4.27. The highest BCUT2D eigenvalue weighted by atomic mass is 15.1. The molecule has 1 aliphatic rings. The SMILES string of the molecule is CC1(C)c2ccccc2-c2ccc(N(c3ccccc3-c3ccc4ccccc4c3)c3cc4c5ccccc5ccc4c4ccccc34)cc21. The molecule has 0 fully saturated rings. The van der Waals surface area contributed by atoms with Crippen molar-refractivity contribution in [2.24, 2.45) is 0 Å². The van der Waals surface area contributed by atoms with Crippen molar-refractivity contribution in [2.75, 3.05) is 4.90 Å². The highest BCUT2D eigenvalue weighted by Crippen LogP contribution is 2.52. The van der Waals surface area contributed by atoms with Gasteiger partial charge in [0.15, 0.2) is 0 Å². The van der Waals surface area contributed by atoms with Gasteiger partial charge in [-0.1, -0.05) is 159 Å². The van der Waals surface area contributed by atoms with Gasteiger partial charge in [-0.3, -0.25) is 0 Å². The summed E-state index contributed by atoms with van der Waals surface area (Å²) in [6.07, 6.45) is 0. The van der Waals surface area contributed by atoms with Crippen LogP contribution in [0.15, 0.2) is 176 Å². The normalized spacial score (nSPS) is 13.2. The zero-order chi connectivity index (χ0) is 33.4. The first-order chi connectivity index (χ1) is 24.6. The number of rotatable bonds is 4. The maximum absolute atomic E-state index is 2.52. The number of hydrogen-bond donors (Lipinski definition) is 0. The molecule has 0 radical (unpaired) electrons. The summed E-state index contributed by atoms with van der Waals surface area (Å²) in [7, 11) is 0. The quantitative estimate of drug-likeness (QED) is 0.174. The van der Waals surface area contributed by atoms with Crippen LogP contribution in [0.25, 0.3) is 65.3 Å². The molecule has 50 heavy (non-hydrogen) atoms. The minimum atomic E-state index is -0.118. The third-order valence-corrected chi connectivity index (χ3v) is 11.0. The van der Waals surface area contributed by atoms with Gasteiger partial charge in [-0.05, 0) is 95.9 Å². The molecule has 10 rings (SSSR count). The maximum Gasteiger partial charge on any atom is 0.0546 e. The van der Waals surface area contributed by atoms with Crippen molar-refractivity contribution in [1.82, 2.24) is 0 Å². The molecule has 0 aromatic heterocycles. The molecule has 0 aliphatic heterocycles. The van der Waals surface area contributed by atoms with Crippen molar-refractivity contribution < 1.29 is 0 Å². The van der Waals surface area contributed by atoms with E-state index in [0.29, 0.717) is 0 Å². The Hall–Kier alpha value is -6.18. The van der Waals surface area contributed by atoms with Crippen LogP contribution in [0, 0.1) is 0 Å². The first-order valence-electron chi connectivity index (χ1n) is 17.5. The predicted octanol–water partition coefficient (Wildman–Crippen LogP) is 13.7. The molecule has 0 amide bonds. The van der Waals surface area contributed by atoms with E-state index in [1.807, 2.05) is 0 Å². The van der Waals surface area contributed by atoms with Crippen LogP contribution in [-0.4, -0.2) is 0 Å². The summed E-state index contributed by atoms with van der Waals surface area (Å²) in [4.78, 5) is 2.52. The standard InChI is InChI=1S/C49H35N/c1-49(2)45-21-11-9-19-41(45)42-28-26-36(30-46(42)49)50(47-22-12-10-17-38(47)35-24-23-32-13-3-4-15-34(32)29-35)48-31-44-37-16-6-5-14-33(37)25-27-40(44)39-18-7-8-20-43(39)48/h3-31H,1-2H3. The zero-order valence-electron chi connectivity index (χ0n) is 28.2. The first kappa shape index (κ1) is 28.8. The van der Waals surface area contributed by atoms with E-state index < -0.39 is 0 Å². The molecule has 0 bridgehead atoms. The van der Waals surface area contributed by atoms with Crippen LogP contribution in [0.3, 0.4) is 0 Å². The maximum atomic E-state index is 2.52. The second-order valence-corrected chi connectivity index (χ2v) is 14.1. The van der Waals surface area contributed by atoms with Crippen LogP contribution in [-0.2, 0) is 5.41 Å². The summed E-state index contributed by atoms with van der Waals surface area (Å²) < 4.78 is 0. The molecule has 1 heteroatoms. The Balaban J connectivity index is 1.30. The Morgan fingerprint density at radius 1 is 0.360 bits per heavy atom. The lowest BCUT2D eigenvalue weighted by Crippen LogP contribution is -2.17. The minimum Gasteiger partial charge on any atom is -0.309 e. The number of fused-ring (bicyclic) bond motifs is 9. The van der Waals surface area contributed by atoms with E-state index >= 15 is 0 Å². The molecule has 0 spiro atoms. The molecule has 0 heterocycles. The second kappa shape index (κ2) is 10.9. The molecule has 0 atom stereocenters. The summed E-state index contributed by atoms with van der Waals surface area (Å²) >= 11 is 0. The van der Waals surface area contributed by atoms with Gasteiger partial charge < -0.3 is 4.90 Å². The molecule has 236 valence electrons. The smallest absolute Gasteiger partial charge is 0.0546 e. The Kier molecular flexibility index (Phi) is 6.29. The van der Waals surface area contributed by atoms with Gasteiger partial charge in [0.2, 0.25) is 0 Å². The fraction of sp³-hybridized carbons (Fsp3) is 0.0612. The van der Waals surface area contributed by atoms with Gasteiger partial charge in [-0.15, -0.1) is 0 Å². The Morgan fingerprint density at radius 2 is 0.980 bits per heavy atom. The molecule has 0 saturated heterocycles. The Bertz CT molecular complexity index is 2800. The predicted molar refractivity (Wildman–Crippen MR) is 214 cm³/mol. The van der Waals surface area contributed by atoms with Gasteiger partial charge in [0, 0.05) is 22.1 Å². The number of nitrogens with zero attached hydrogens (tertiary/aromatic N) is 1. The van der Waals surface area contributed by atoms with Crippen LogP contribution >= 0.6 is 0 Å². The molecule has 0 unspecified atom stereocenters. The van der Waals surface area contributed by atoms with Gasteiger partial charge in [-0.2, -0.15) is 0 Å². The van der Waals surface area contributed by atoms with Gasteiger partial charge in [0.1, 0.15) is 0 Å². The number of para-hydroxylation sites is 1. The molecule has 1 aliphatic carbocycles. The van der Waals surface area contributed by atoms with E-state index in [1.54, 1.807) is 0 Å². The van der Waals surface area contributed by atoms with Gasteiger partial charge in [0.25, 0.3) is 0 Å². The van der Waals surface area contributed by atoms with Crippen LogP contribution in [0.2, 0.25) is 0 Å². The third-order valence-electron chi connectivity index (χ3n) is 11.0. The minimum absolute atomic E-state index is 0.118. The number of benzene rings is 9. The fourth-order valence-corrected chi connectivity index (χ4v) is 8.54. The fourth-order valence-electron chi connectivity index (χ4n) is 8.54. The number of hydrogen-bond acceptors (Lipinski definition) is 1. The van der Waals surface area contributed by atoms with Crippen LogP contribution in [0.1, 0.15) is 25.0 Å². The average molecular weight is 638 g/mol. The van der Waals surface area contributed by atoms with Crippen molar-refractivity contribution in [1.29, 1.82) is 0 Å². The summed E-state index contributed by atoms with van der Waals surface area (Å²) in [6.45, 7) is 4.73. The van der Waals surface area contributed by atoms with Crippen LogP contribution in [0.5, 0.6) is 0 Å². The van der Waals surface area contributed by atoms with E-state index in [0.717, 1.165) is 11.4 Å². The highest BCUT2D eigenvalue weighted by Gasteiger charge is 2.36. The lowest BCUT2D eigenvalue weighted by atomic mass is 9.82. The Morgan fingerprint density at radius 3 is 1.84 bits per heavy atom. The molecule has 0 N–H and O–H groups in total. The molecular formula is C49H35N. The van der Waals surface area contributed by atoms with Crippen molar-refractivity contribution in [3.8, 4) is 22.3 Å². The van der Waals surface area contributed by atoms with E-state index in [2.05, 4.69) is 195 Å². The molecule has 1 nitrogen and oxygen atoms in total. The van der Waals surface area contributed by atoms with E-state index in [4.69, 9.17) is 0 Å². The van der Waals surface area contributed by atoms with Crippen LogP contribution < -0.4 is 4.90 Å². The van der Waals surface area contributed by atoms with E-state index in [9.17, 15) is 0 Å². The average Bonchev–Trinajstić information content (AvgIpc) is 3.40. The van der Waals surface area contributed by atoms with Gasteiger partial charge in [0.05, 0.1) is 11.4 Å². The van der Waals surface area contributed by atoms with E-state index in [-0.39, 0.29) is 5.41 Å². The highest BCUT2D eigenvalue weighted by molar-refractivity contribution is 6.21. The van der Waals surface area contributed by atoms with E-state index in [1.165, 1.54) is 82.2 Å². The van der Waals surface area contributed by atoms with Gasteiger partial charge in [-0.25, -0.2) is 0 Å². The largest absolute Gasteiger partial charge is 0.309 e. The lowest BCUT2D eigenvalue weighted by molar-refractivity contribution is 0.660. The summed E-state index contributed by atoms with van der Waals surface area (Å²) in [5.41, 5.74) is 11.2. The Labute approximate surface area is 292 Å². The second-order valence-electron chi connectivity index (χ2n) is 14.1. The summed E-state index contributed by atoms with van der Waals surface area (Å²) in [6, 6.07) is 65.1. The molecular weight excluding hydrogens is 603 g/mol. The summed E-state index contributed by atoms with van der Waals surface area (Å²) in [5, 5.41) is 10.0. The summed E-state index contributed by atoms with van der Waals surface area (Å²) in [5.74, 6) is 0. The first-order valence-corrected chi connectivity index (χ1v) is 17.5. The molecule has 0 saturated carbocycles. The molecule has 9 aromatic rings. The van der Waals surface area contributed by atoms with Crippen molar-refractivity contribution >= 4 is 60.2 Å². The number of anilines is 3. The lowest BCUT2D eigenvalue weighted by Gasteiger charge is -2.31. The monoisotopic (exact) mass is 637 g/mol.